The minimum Gasteiger partial charge on any atom is -0.467 e. The molecule has 3 nitrogen and oxygen atoms in total. The number of methoxy groups -OCH3 is 1. The van der Waals surface area contributed by atoms with E-state index in [0.717, 1.165) is 12.8 Å². The van der Waals surface area contributed by atoms with E-state index in [2.05, 4.69) is 38.7 Å². The molecule has 0 aromatic carbocycles. The Morgan fingerprint density at radius 2 is 1.03 bits per heavy atom. The molecule has 202 valence electrons. The lowest BCUT2D eigenvalue weighted by molar-refractivity contribution is -0.149. The van der Waals surface area contributed by atoms with E-state index in [4.69, 9.17) is 9.16 Å². The van der Waals surface area contributed by atoms with Crippen molar-refractivity contribution in [3.8, 4) is 0 Å². The quantitative estimate of drug-likeness (QED) is 0.0545. The average molecular weight is 497 g/mol. The molecule has 0 rings (SSSR count). The Bertz CT molecular complexity index is 470. The van der Waals surface area contributed by atoms with Crippen LogP contribution in [0.2, 0.25) is 19.6 Å². The monoisotopic (exact) mass is 496 g/mol. The molecule has 0 heterocycles. The highest BCUT2D eigenvalue weighted by Crippen LogP contribution is 2.17. The normalized spacial score (nSPS) is 13.0. The molecule has 0 aliphatic carbocycles. The van der Waals surface area contributed by atoms with E-state index in [1.165, 1.54) is 129 Å². The Labute approximate surface area is 215 Å². The summed E-state index contributed by atoms with van der Waals surface area (Å²) in [6, 6.07) is 0. The Balaban J connectivity index is 3.36. The van der Waals surface area contributed by atoms with Gasteiger partial charge in [0.1, 0.15) is 6.10 Å². The Kier molecular flexibility index (Phi) is 23.7. The molecule has 0 aliphatic heterocycles. The fraction of sp³-hybridized carbons (Fsp3) is 0.900. The summed E-state index contributed by atoms with van der Waals surface area (Å²) in [6.45, 7) is 8.65. The lowest BCUT2D eigenvalue weighted by Crippen LogP contribution is -2.37. The van der Waals surface area contributed by atoms with Gasteiger partial charge in [0, 0.05) is 0 Å². The van der Waals surface area contributed by atoms with E-state index in [1.807, 2.05) is 0 Å². The lowest BCUT2D eigenvalue weighted by atomic mass is 10.0. The van der Waals surface area contributed by atoms with Gasteiger partial charge in [-0.3, -0.25) is 0 Å². The van der Waals surface area contributed by atoms with Gasteiger partial charge in [-0.15, -0.1) is 0 Å². The largest absolute Gasteiger partial charge is 0.467 e. The van der Waals surface area contributed by atoms with Crippen LogP contribution in [0, 0.1) is 0 Å². The molecule has 0 spiro atoms. The highest BCUT2D eigenvalue weighted by molar-refractivity contribution is 6.69. The van der Waals surface area contributed by atoms with Gasteiger partial charge in [-0.2, -0.15) is 0 Å². The van der Waals surface area contributed by atoms with Gasteiger partial charge in [0.15, 0.2) is 8.32 Å². The number of unbranched alkanes of at least 4 members (excludes halogenated alkanes) is 18. The van der Waals surface area contributed by atoms with Crippen molar-refractivity contribution >= 4 is 14.3 Å². The van der Waals surface area contributed by atoms with Crippen molar-refractivity contribution < 1.29 is 14.0 Å². The third kappa shape index (κ3) is 24.5. The van der Waals surface area contributed by atoms with Crippen LogP contribution in [0.5, 0.6) is 0 Å². The predicted octanol–water partition coefficient (Wildman–Crippen LogP) is 10.1. The number of carbonyl (C=O) groups excluding carboxylic acids is 1. The Morgan fingerprint density at radius 3 is 1.41 bits per heavy atom. The number of esters is 1. The molecule has 0 saturated carbocycles. The molecular weight excluding hydrogens is 436 g/mol. The molecule has 0 radical (unpaired) electrons. The number of allylic oxidation sites excluding steroid dienone is 2. The summed E-state index contributed by atoms with van der Waals surface area (Å²) in [6.07, 6.45) is 32.2. The molecule has 34 heavy (non-hydrogen) atoms. The SMILES string of the molecule is CCCCCC/C=C\CCCCCCCCCCCCCCCCC(O[Si](C)(C)C)C(=O)OC. The number of hydrogen-bond acceptors (Lipinski definition) is 3. The Morgan fingerprint density at radius 1 is 0.647 bits per heavy atom. The molecule has 1 unspecified atom stereocenters. The highest BCUT2D eigenvalue weighted by atomic mass is 28.4. The first-order chi connectivity index (χ1) is 16.4. The van der Waals surface area contributed by atoms with Gasteiger partial charge in [0.05, 0.1) is 7.11 Å². The molecule has 0 aliphatic rings. The fourth-order valence-corrected chi connectivity index (χ4v) is 5.49. The van der Waals surface area contributed by atoms with Crippen LogP contribution >= 0.6 is 0 Å². The molecular formula is C30H60O3Si. The van der Waals surface area contributed by atoms with Crippen LogP contribution in [-0.2, 0) is 14.0 Å². The fourth-order valence-electron chi connectivity index (χ4n) is 4.42. The van der Waals surface area contributed by atoms with Crippen molar-refractivity contribution in [1.29, 1.82) is 0 Å². The molecule has 0 aromatic heterocycles. The Hall–Kier alpha value is -0.613. The smallest absolute Gasteiger partial charge is 0.333 e. The maximum atomic E-state index is 11.9. The molecule has 1 atom stereocenters. The second-order valence-corrected chi connectivity index (χ2v) is 15.6. The number of ether oxygens (including phenoxy) is 1. The number of carbonyl (C=O) groups is 1. The van der Waals surface area contributed by atoms with Crippen LogP contribution < -0.4 is 0 Å². The van der Waals surface area contributed by atoms with Crippen molar-refractivity contribution in [2.75, 3.05) is 7.11 Å². The van der Waals surface area contributed by atoms with Gasteiger partial charge >= 0.3 is 5.97 Å². The summed E-state index contributed by atoms with van der Waals surface area (Å²) in [5, 5.41) is 0. The van der Waals surface area contributed by atoms with E-state index >= 15 is 0 Å². The van der Waals surface area contributed by atoms with Gasteiger partial charge in [-0.25, -0.2) is 4.79 Å². The van der Waals surface area contributed by atoms with Gasteiger partial charge in [0.2, 0.25) is 0 Å². The van der Waals surface area contributed by atoms with Crippen molar-refractivity contribution in [3.05, 3.63) is 12.2 Å². The maximum Gasteiger partial charge on any atom is 0.333 e. The third-order valence-corrected chi connectivity index (χ3v) is 7.43. The van der Waals surface area contributed by atoms with E-state index in [9.17, 15) is 4.79 Å². The topological polar surface area (TPSA) is 35.5 Å². The molecule has 0 bridgehead atoms. The summed E-state index contributed by atoms with van der Waals surface area (Å²) in [4.78, 5) is 11.9. The standard InChI is InChI=1S/C30H60O3Si/c1-6-7-8-9-10-11-12-13-14-15-16-17-18-19-20-21-22-23-24-25-26-27-28-29(30(31)32-2)33-34(3,4)5/h11-12,29H,6-10,13-28H2,1-5H3/b12-11-. The minimum absolute atomic E-state index is 0.205. The first-order valence-electron chi connectivity index (χ1n) is 14.8. The van der Waals surface area contributed by atoms with E-state index in [0.29, 0.717) is 0 Å². The third-order valence-electron chi connectivity index (χ3n) is 6.44. The summed E-state index contributed by atoms with van der Waals surface area (Å²) in [7, 11) is -0.263. The van der Waals surface area contributed by atoms with Crippen molar-refractivity contribution in [1.82, 2.24) is 0 Å². The number of hydrogen-bond donors (Lipinski definition) is 0. The predicted molar refractivity (Wildman–Crippen MR) is 152 cm³/mol. The van der Waals surface area contributed by atoms with Gasteiger partial charge in [0.25, 0.3) is 0 Å². The second-order valence-electron chi connectivity index (χ2n) is 11.1. The minimum atomic E-state index is -1.72. The zero-order chi connectivity index (χ0) is 25.3. The van der Waals surface area contributed by atoms with Crippen molar-refractivity contribution in [2.45, 2.75) is 168 Å². The van der Waals surface area contributed by atoms with Crippen LogP contribution in [0.15, 0.2) is 12.2 Å². The van der Waals surface area contributed by atoms with Crippen LogP contribution in [-0.4, -0.2) is 27.5 Å². The molecule has 0 N–H and O–H groups in total. The van der Waals surface area contributed by atoms with Crippen LogP contribution in [0.3, 0.4) is 0 Å². The highest BCUT2D eigenvalue weighted by Gasteiger charge is 2.26. The first kappa shape index (κ1) is 33.4. The lowest BCUT2D eigenvalue weighted by Gasteiger charge is -2.24. The summed E-state index contributed by atoms with van der Waals surface area (Å²) >= 11 is 0. The van der Waals surface area contributed by atoms with Crippen molar-refractivity contribution in [2.24, 2.45) is 0 Å². The van der Waals surface area contributed by atoms with Gasteiger partial charge < -0.3 is 9.16 Å². The molecule has 4 heteroatoms. The summed E-state index contributed by atoms with van der Waals surface area (Å²) in [5.74, 6) is -0.205. The van der Waals surface area contributed by atoms with E-state index in [-0.39, 0.29) is 12.1 Å². The first-order valence-corrected chi connectivity index (χ1v) is 18.2. The van der Waals surface area contributed by atoms with Gasteiger partial charge in [-0.05, 0) is 51.7 Å². The van der Waals surface area contributed by atoms with E-state index in [1.54, 1.807) is 0 Å². The van der Waals surface area contributed by atoms with E-state index < -0.39 is 8.32 Å². The zero-order valence-electron chi connectivity index (χ0n) is 23.8. The molecule has 0 amide bonds. The summed E-state index contributed by atoms with van der Waals surface area (Å²) in [5.41, 5.74) is 0. The molecule has 0 aromatic rings. The van der Waals surface area contributed by atoms with Crippen LogP contribution in [0.1, 0.15) is 142 Å². The summed E-state index contributed by atoms with van der Waals surface area (Å²) < 4.78 is 10.9. The zero-order valence-corrected chi connectivity index (χ0v) is 24.8. The maximum absolute atomic E-state index is 11.9. The average Bonchev–Trinajstić information content (AvgIpc) is 2.80. The van der Waals surface area contributed by atoms with Gasteiger partial charge in [-0.1, -0.05) is 122 Å². The van der Waals surface area contributed by atoms with Crippen LogP contribution in [0.4, 0.5) is 0 Å². The molecule has 0 saturated heterocycles. The second kappa shape index (κ2) is 24.1. The molecule has 0 fully saturated rings. The number of rotatable bonds is 25. The van der Waals surface area contributed by atoms with Crippen LogP contribution in [0.25, 0.3) is 0 Å². The van der Waals surface area contributed by atoms with Crippen molar-refractivity contribution in [3.63, 3.8) is 0 Å².